The van der Waals surface area contributed by atoms with E-state index in [-0.39, 0.29) is 17.8 Å². The molecule has 0 radical (unpaired) electrons. The van der Waals surface area contributed by atoms with E-state index in [1.165, 1.54) is 39.0 Å². The molecule has 2 aromatic rings. The topological polar surface area (TPSA) is 145 Å². The van der Waals surface area contributed by atoms with Crippen molar-refractivity contribution in [1.29, 1.82) is 0 Å². The van der Waals surface area contributed by atoms with Crippen LogP contribution in [0.2, 0.25) is 0 Å². The second kappa shape index (κ2) is 12.3. The molecule has 0 aliphatic heterocycles. The van der Waals surface area contributed by atoms with Crippen LogP contribution in [0.5, 0.6) is 0 Å². The van der Waals surface area contributed by atoms with Crippen molar-refractivity contribution in [3.8, 4) is 0 Å². The number of carbonyl (C=O) groups is 3. The molecule has 0 fully saturated rings. The van der Waals surface area contributed by atoms with Gasteiger partial charge in [0.25, 0.3) is 0 Å². The van der Waals surface area contributed by atoms with Crippen molar-refractivity contribution in [2.75, 3.05) is 32.7 Å². The average molecular weight is 470 g/mol. The van der Waals surface area contributed by atoms with Crippen molar-refractivity contribution in [2.24, 2.45) is 0 Å². The summed E-state index contributed by atoms with van der Waals surface area (Å²) in [6.07, 6.45) is 6.31. The third-order valence-electron chi connectivity index (χ3n) is 3.34. The number of halogens is 1. The Morgan fingerprint density at radius 2 is 1.48 bits per heavy atom. The quantitative estimate of drug-likeness (QED) is 0.589. The molecular formula is C17H20BrN5O6. The van der Waals surface area contributed by atoms with Crippen LogP contribution in [-0.2, 0) is 14.3 Å². The molecule has 0 saturated carbocycles. The number of anilines is 1. The fraction of sp³-hybridized carbons (Fsp3) is 0.353. The Morgan fingerprint density at radius 3 is 2.03 bits per heavy atom. The summed E-state index contributed by atoms with van der Waals surface area (Å²) in [5.41, 5.74) is 0.313. The third-order valence-corrected chi connectivity index (χ3v) is 3.92. The van der Waals surface area contributed by atoms with Crippen LogP contribution >= 0.6 is 15.9 Å². The van der Waals surface area contributed by atoms with Gasteiger partial charge >= 0.3 is 17.9 Å². The molecule has 0 atom stereocenters. The van der Waals surface area contributed by atoms with Crippen molar-refractivity contribution in [2.45, 2.75) is 12.8 Å². The maximum absolute atomic E-state index is 11.5. The zero-order valence-electron chi connectivity index (χ0n) is 16.0. The number of aromatic nitrogens is 4. The minimum absolute atomic E-state index is 0.0676. The van der Waals surface area contributed by atoms with Gasteiger partial charge in [0, 0.05) is 44.8 Å². The summed E-state index contributed by atoms with van der Waals surface area (Å²) in [5.74, 6) is -1.53. The van der Waals surface area contributed by atoms with Gasteiger partial charge in [-0.2, -0.15) is 0 Å². The number of rotatable bonds is 7. The van der Waals surface area contributed by atoms with Crippen molar-refractivity contribution in [3.63, 3.8) is 0 Å². The molecule has 29 heavy (non-hydrogen) atoms. The second-order valence-corrected chi connectivity index (χ2v) is 6.08. The van der Waals surface area contributed by atoms with Crippen LogP contribution < -0.4 is 4.90 Å². The Morgan fingerprint density at radius 1 is 0.966 bits per heavy atom. The van der Waals surface area contributed by atoms with Crippen LogP contribution in [0.15, 0.2) is 29.4 Å². The maximum Gasteiger partial charge on any atom is 0.360 e. The molecule has 0 aromatic carbocycles. The first kappa shape index (κ1) is 23.9. The van der Waals surface area contributed by atoms with Crippen LogP contribution in [-0.4, -0.2) is 70.8 Å². The molecule has 12 heteroatoms. The molecule has 2 rings (SSSR count). The SMILES string of the molecule is COC(=O)c1nccnc1Br.COC(=O)c1nccnc1N(C)CCCC(=O)O. The lowest BCUT2D eigenvalue weighted by molar-refractivity contribution is -0.137. The number of carbonyl (C=O) groups excluding carboxylic acids is 2. The summed E-state index contributed by atoms with van der Waals surface area (Å²) in [6.45, 7) is 0.467. The lowest BCUT2D eigenvalue weighted by atomic mass is 10.3. The highest BCUT2D eigenvalue weighted by molar-refractivity contribution is 9.10. The molecule has 2 heterocycles. The summed E-state index contributed by atoms with van der Waals surface area (Å²) < 4.78 is 9.45. The lowest BCUT2D eigenvalue weighted by Crippen LogP contribution is -2.24. The van der Waals surface area contributed by atoms with E-state index in [1.807, 2.05) is 0 Å². The smallest absolute Gasteiger partial charge is 0.360 e. The van der Waals surface area contributed by atoms with Gasteiger partial charge in [0.05, 0.1) is 14.2 Å². The second-order valence-electron chi connectivity index (χ2n) is 5.33. The number of nitrogens with zero attached hydrogens (tertiary/aromatic N) is 5. The molecule has 0 unspecified atom stereocenters. The maximum atomic E-state index is 11.5. The van der Waals surface area contributed by atoms with Gasteiger partial charge in [-0.3, -0.25) is 4.79 Å². The van der Waals surface area contributed by atoms with Crippen LogP contribution in [0.4, 0.5) is 5.82 Å². The Hall–Kier alpha value is -3.15. The minimum Gasteiger partial charge on any atom is -0.481 e. The molecule has 0 aliphatic rings. The van der Waals surface area contributed by atoms with Gasteiger partial charge in [-0.1, -0.05) is 0 Å². The van der Waals surface area contributed by atoms with Crippen LogP contribution in [0.1, 0.15) is 33.8 Å². The van der Waals surface area contributed by atoms with Gasteiger partial charge in [-0.15, -0.1) is 0 Å². The van der Waals surface area contributed by atoms with Gasteiger partial charge in [0.2, 0.25) is 0 Å². The van der Waals surface area contributed by atoms with Crippen LogP contribution in [0.25, 0.3) is 0 Å². The van der Waals surface area contributed by atoms with E-state index in [2.05, 4.69) is 45.3 Å². The van der Waals surface area contributed by atoms with Gasteiger partial charge in [0.15, 0.2) is 17.2 Å². The highest BCUT2D eigenvalue weighted by atomic mass is 79.9. The number of hydrogen-bond donors (Lipinski definition) is 1. The molecule has 0 saturated heterocycles. The highest BCUT2D eigenvalue weighted by Crippen LogP contribution is 2.14. The lowest BCUT2D eigenvalue weighted by Gasteiger charge is -2.18. The van der Waals surface area contributed by atoms with Crippen molar-refractivity contribution < 1.29 is 29.0 Å². The monoisotopic (exact) mass is 469 g/mol. The summed E-state index contributed by atoms with van der Waals surface area (Å²) in [5, 5.41) is 8.56. The number of carboxylic acids is 1. The summed E-state index contributed by atoms with van der Waals surface area (Å²) in [6, 6.07) is 0. The Bertz CT molecular complexity index is 851. The van der Waals surface area contributed by atoms with E-state index < -0.39 is 17.9 Å². The predicted octanol–water partition coefficient (Wildman–Crippen LogP) is 1.59. The van der Waals surface area contributed by atoms with Crippen molar-refractivity contribution in [3.05, 3.63) is 40.8 Å². The molecule has 156 valence electrons. The predicted molar refractivity (Wildman–Crippen MR) is 105 cm³/mol. The standard InChI is InChI=1S/C11H15N3O4.C6H5BrN2O2/c1-14(7-3-4-8(15)16)10-9(11(17)18-2)12-5-6-13-10;1-11-6(10)4-5(7)9-3-2-8-4/h5-6H,3-4,7H2,1-2H3,(H,15,16);2-3H,1H3. The van der Waals surface area contributed by atoms with Crippen molar-refractivity contribution in [1.82, 2.24) is 19.9 Å². The molecular weight excluding hydrogens is 450 g/mol. The van der Waals surface area contributed by atoms with Gasteiger partial charge < -0.3 is 19.5 Å². The number of aliphatic carboxylic acids is 1. The number of methoxy groups -OCH3 is 2. The molecule has 0 aliphatic carbocycles. The fourth-order valence-electron chi connectivity index (χ4n) is 1.98. The first-order chi connectivity index (χ1) is 13.8. The van der Waals surface area contributed by atoms with Crippen LogP contribution in [0, 0.1) is 0 Å². The molecule has 11 nitrogen and oxygen atoms in total. The molecule has 2 aromatic heterocycles. The molecule has 0 spiro atoms. The Labute approximate surface area is 175 Å². The Kier molecular flexibility index (Phi) is 10.2. The summed E-state index contributed by atoms with van der Waals surface area (Å²) in [4.78, 5) is 50.0. The zero-order valence-corrected chi connectivity index (χ0v) is 17.6. The van der Waals surface area contributed by atoms with E-state index in [0.29, 0.717) is 23.4 Å². The zero-order chi connectivity index (χ0) is 21.8. The first-order valence-corrected chi connectivity index (χ1v) is 8.98. The average Bonchev–Trinajstić information content (AvgIpc) is 2.73. The van der Waals surface area contributed by atoms with E-state index in [1.54, 1.807) is 11.9 Å². The van der Waals surface area contributed by atoms with E-state index in [4.69, 9.17) is 5.11 Å². The van der Waals surface area contributed by atoms with Gasteiger partial charge in [-0.05, 0) is 22.4 Å². The van der Waals surface area contributed by atoms with Crippen LogP contribution in [0.3, 0.4) is 0 Å². The number of esters is 2. The minimum atomic E-state index is -0.851. The molecule has 1 N–H and O–H groups in total. The number of ether oxygens (including phenoxy) is 2. The first-order valence-electron chi connectivity index (χ1n) is 8.18. The van der Waals surface area contributed by atoms with E-state index in [0.717, 1.165) is 0 Å². The third kappa shape index (κ3) is 7.78. The Balaban J connectivity index is 0.000000326. The largest absolute Gasteiger partial charge is 0.481 e. The highest BCUT2D eigenvalue weighted by Gasteiger charge is 2.17. The van der Waals surface area contributed by atoms with Crippen molar-refractivity contribution >= 4 is 39.7 Å². The summed E-state index contributed by atoms with van der Waals surface area (Å²) in [7, 11) is 4.28. The molecule has 0 bridgehead atoms. The normalized spacial score (nSPS) is 9.66. The number of carboxylic acid groups (broad SMARTS) is 1. The van der Waals surface area contributed by atoms with E-state index >= 15 is 0 Å². The number of hydrogen-bond acceptors (Lipinski definition) is 10. The van der Waals surface area contributed by atoms with Gasteiger partial charge in [0.1, 0.15) is 4.60 Å². The van der Waals surface area contributed by atoms with E-state index in [9.17, 15) is 14.4 Å². The summed E-state index contributed by atoms with van der Waals surface area (Å²) >= 11 is 3.06. The fourth-order valence-corrected chi connectivity index (χ4v) is 2.36. The van der Waals surface area contributed by atoms with Gasteiger partial charge in [-0.25, -0.2) is 29.5 Å². The molecule has 0 amide bonds.